The average molecular weight is 584 g/mol. The van der Waals surface area contributed by atoms with Gasteiger partial charge in [-0.15, -0.1) is 0 Å². The number of benzene rings is 2. The molecule has 43 heavy (non-hydrogen) atoms. The van der Waals surface area contributed by atoms with Crippen molar-refractivity contribution in [1.29, 1.82) is 0 Å². The van der Waals surface area contributed by atoms with Crippen molar-refractivity contribution >= 4 is 17.7 Å². The van der Waals surface area contributed by atoms with Crippen molar-refractivity contribution in [2.45, 2.75) is 25.9 Å². The lowest BCUT2D eigenvalue weighted by Crippen LogP contribution is -2.45. The van der Waals surface area contributed by atoms with E-state index in [4.69, 9.17) is 19.6 Å². The molecule has 12 heteroatoms. The molecule has 2 N–H and O–H groups in total. The van der Waals surface area contributed by atoms with Crippen molar-refractivity contribution < 1.29 is 23.9 Å². The van der Waals surface area contributed by atoms with Gasteiger partial charge in [-0.25, -0.2) is 9.67 Å². The van der Waals surface area contributed by atoms with Crippen molar-refractivity contribution in [3.05, 3.63) is 90.0 Å². The predicted molar refractivity (Wildman–Crippen MR) is 157 cm³/mol. The summed E-state index contributed by atoms with van der Waals surface area (Å²) in [4.78, 5) is 49.8. The van der Waals surface area contributed by atoms with E-state index < -0.39 is 6.04 Å². The molecule has 0 saturated heterocycles. The monoisotopic (exact) mass is 583 g/mol. The number of carbonyl (C=O) groups excluding carboxylic acids is 3. The summed E-state index contributed by atoms with van der Waals surface area (Å²) in [5.74, 6) is 0.941. The minimum Gasteiger partial charge on any atom is -0.493 e. The Morgan fingerprint density at radius 1 is 1.07 bits per heavy atom. The van der Waals surface area contributed by atoms with Crippen molar-refractivity contribution in [2.75, 3.05) is 33.4 Å². The zero-order valence-electron chi connectivity index (χ0n) is 24.0. The fraction of sp³-hybridized carbons (Fsp3) is 0.290. The number of carbonyl (C=O) groups is 3. The van der Waals surface area contributed by atoms with Crippen LogP contribution in [0.5, 0.6) is 11.5 Å². The summed E-state index contributed by atoms with van der Waals surface area (Å²) < 4.78 is 13.2. The number of hydrogen-bond donors (Lipinski definition) is 2. The highest BCUT2D eigenvalue weighted by Gasteiger charge is 2.23. The number of nitrogens with one attached hydrogen (secondary N) is 2. The summed E-state index contributed by atoms with van der Waals surface area (Å²) in [6.45, 7) is 2.39. The van der Waals surface area contributed by atoms with Gasteiger partial charge in [0.05, 0.1) is 32.7 Å². The molecule has 3 amide bonds. The first-order valence-corrected chi connectivity index (χ1v) is 14.0. The molecule has 1 aliphatic heterocycles. The van der Waals surface area contributed by atoms with Crippen molar-refractivity contribution in [3.63, 3.8) is 0 Å². The van der Waals surface area contributed by atoms with Crippen LogP contribution in [-0.4, -0.2) is 75.7 Å². The molecule has 1 atom stereocenters. The average Bonchev–Trinajstić information content (AvgIpc) is 3.45. The van der Waals surface area contributed by atoms with E-state index in [0.29, 0.717) is 35.3 Å². The maximum absolute atomic E-state index is 13.3. The fourth-order valence-corrected chi connectivity index (χ4v) is 4.73. The van der Waals surface area contributed by atoms with Gasteiger partial charge in [0.2, 0.25) is 11.8 Å². The maximum Gasteiger partial charge on any atom is 0.251 e. The normalized spacial score (nSPS) is 16.2. The van der Waals surface area contributed by atoms with Gasteiger partial charge in [0, 0.05) is 36.6 Å². The molecular formula is C31H33N7O5. The number of aromatic nitrogens is 4. The van der Waals surface area contributed by atoms with Crippen LogP contribution in [0.25, 0.3) is 11.4 Å². The van der Waals surface area contributed by atoms with Gasteiger partial charge < -0.3 is 25.0 Å². The van der Waals surface area contributed by atoms with Gasteiger partial charge in [-0.1, -0.05) is 36.4 Å². The first-order valence-electron chi connectivity index (χ1n) is 14.0. The minimum absolute atomic E-state index is 0.0680. The van der Waals surface area contributed by atoms with Crippen molar-refractivity contribution in [3.8, 4) is 22.9 Å². The fourth-order valence-electron chi connectivity index (χ4n) is 4.73. The van der Waals surface area contributed by atoms with Crippen LogP contribution in [0.15, 0.2) is 73.1 Å². The summed E-state index contributed by atoms with van der Waals surface area (Å²) >= 11 is 0. The Morgan fingerprint density at radius 2 is 1.91 bits per heavy atom. The van der Waals surface area contributed by atoms with Gasteiger partial charge in [-0.3, -0.25) is 19.4 Å². The zero-order valence-corrected chi connectivity index (χ0v) is 24.0. The Hall–Kier alpha value is -5.26. The van der Waals surface area contributed by atoms with Crippen LogP contribution >= 0.6 is 0 Å². The third-order valence-corrected chi connectivity index (χ3v) is 6.92. The van der Waals surface area contributed by atoms with Gasteiger partial charge >= 0.3 is 0 Å². The zero-order chi connectivity index (χ0) is 30.2. The van der Waals surface area contributed by atoms with Crippen LogP contribution in [0.1, 0.15) is 34.7 Å². The number of fused-ring (bicyclic) bond motifs is 3. The Bertz CT molecular complexity index is 1580. The van der Waals surface area contributed by atoms with E-state index in [2.05, 4.69) is 15.6 Å². The topological polar surface area (TPSA) is 141 Å². The second-order valence-electron chi connectivity index (χ2n) is 10.00. The summed E-state index contributed by atoms with van der Waals surface area (Å²) in [6, 6.07) is 17.5. The molecule has 1 aliphatic rings. The molecule has 2 bridgehead atoms. The number of rotatable bonds is 4. The van der Waals surface area contributed by atoms with E-state index in [1.54, 1.807) is 47.4 Å². The number of amides is 3. The van der Waals surface area contributed by atoms with Crippen molar-refractivity contribution in [1.82, 2.24) is 35.3 Å². The molecule has 0 fully saturated rings. The number of hydrogen-bond acceptors (Lipinski definition) is 8. The first-order chi connectivity index (χ1) is 20.9. The van der Waals surface area contributed by atoms with Crippen molar-refractivity contribution in [2.24, 2.45) is 0 Å². The van der Waals surface area contributed by atoms with Gasteiger partial charge in [0.25, 0.3) is 5.91 Å². The van der Waals surface area contributed by atoms with Crippen LogP contribution in [-0.2, 0) is 22.6 Å². The number of pyridine rings is 1. The van der Waals surface area contributed by atoms with E-state index in [9.17, 15) is 14.4 Å². The SMILES string of the molecule is COc1ccc2cc1OCCn1nc(-c3ccccc3)nc1[C@@H](C)NC(=O)CN(C(=O)Cc1cccnc1)CCNC2=O. The number of methoxy groups -OCH3 is 1. The summed E-state index contributed by atoms with van der Waals surface area (Å²) in [6.07, 6.45) is 3.31. The molecule has 0 spiro atoms. The smallest absolute Gasteiger partial charge is 0.251 e. The van der Waals surface area contributed by atoms with E-state index in [-0.39, 0.29) is 50.4 Å². The molecule has 2 aromatic heterocycles. The maximum atomic E-state index is 13.3. The molecule has 4 aromatic rings. The van der Waals surface area contributed by atoms with E-state index in [1.165, 1.54) is 12.0 Å². The first kappa shape index (κ1) is 29.2. The molecule has 0 saturated carbocycles. The molecule has 5 rings (SSSR count). The molecule has 0 aliphatic carbocycles. The largest absolute Gasteiger partial charge is 0.493 e. The molecular weight excluding hydrogens is 550 g/mol. The van der Waals surface area contributed by atoms with Crippen LogP contribution < -0.4 is 20.1 Å². The molecule has 222 valence electrons. The molecule has 2 aromatic carbocycles. The Balaban J connectivity index is 1.45. The third kappa shape index (κ3) is 7.34. The third-order valence-electron chi connectivity index (χ3n) is 6.92. The Morgan fingerprint density at radius 3 is 2.67 bits per heavy atom. The lowest BCUT2D eigenvalue weighted by molar-refractivity contribution is -0.135. The van der Waals surface area contributed by atoms with Crippen LogP contribution in [0, 0.1) is 0 Å². The lowest BCUT2D eigenvalue weighted by atomic mass is 10.2. The highest BCUT2D eigenvalue weighted by molar-refractivity contribution is 5.95. The molecule has 3 heterocycles. The Labute approximate surface area is 249 Å². The van der Waals surface area contributed by atoms with E-state index in [1.807, 2.05) is 37.3 Å². The highest BCUT2D eigenvalue weighted by Crippen LogP contribution is 2.28. The predicted octanol–water partition coefficient (Wildman–Crippen LogP) is 2.42. The minimum atomic E-state index is -0.527. The highest BCUT2D eigenvalue weighted by atomic mass is 16.5. The quantitative estimate of drug-likeness (QED) is 0.373. The van der Waals surface area contributed by atoms with Gasteiger partial charge in [-0.2, -0.15) is 5.10 Å². The van der Waals surface area contributed by atoms with Gasteiger partial charge in [0.1, 0.15) is 12.4 Å². The standard InChI is InChI=1S/C31H33N7O5/c1-21-30-35-29(23-8-4-3-5-9-23)36-38(30)15-16-43-26-18-24(10-11-25(26)42-2)31(41)33-13-14-37(20-27(39)34-21)28(40)17-22-7-6-12-32-19-22/h3-12,18-19,21H,13-17,20H2,1-2H3,(H,33,41)(H,34,39)/t21-/m1/s1. The molecule has 0 unspecified atom stereocenters. The molecule has 12 nitrogen and oxygen atoms in total. The van der Waals surface area contributed by atoms with Gasteiger partial charge in [-0.05, 0) is 36.8 Å². The lowest BCUT2D eigenvalue weighted by Gasteiger charge is -2.23. The summed E-state index contributed by atoms with van der Waals surface area (Å²) in [7, 11) is 1.53. The van der Waals surface area contributed by atoms with Crippen LogP contribution in [0.4, 0.5) is 0 Å². The van der Waals surface area contributed by atoms with E-state index >= 15 is 0 Å². The number of nitrogens with zero attached hydrogens (tertiary/aromatic N) is 5. The van der Waals surface area contributed by atoms with Crippen LogP contribution in [0.3, 0.4) is 0 Å². The van der Waals surface area contributed by atoms with E-state index in [0.717, 1.165) is 11.1 Å². The molecule has 0 radical (unpaired) electrons. The van der Waals surface area contributed by atoms with Gasteiger partial charge in [0.15, 0.2) is 17.3 Å². The summed E-state index contributed by atoms with van der Waals surface area (Å²) in [5, 5.41) is 10.5. The number of ether oxygens (including phenoxy) is 2. The summed E-state index contributed by atoms with van der Waals surface area (Å²) in [5.41, 5.74) is 1.92. The second kappa shape index (κ2) is 13.6. The van der Waals surface area contributed by atoms with Crippen LogP contribution in [0.2, 0.25) is 0 Å². The second-order valence-corrected chi connectivity index (χ2v) is 10.00. The Kier molecular flexibility index (Phi) is 9.25.